The molecule has 1 N–H and O–H groups in total. The van der Waals surface area contributed by atoms with Crippen molar-refractivity contribution in [2.24, 2.45) is 0 Å². The minimum atomic E-state index is -4.87. The highest BCUT2D eigenvalue weighted by atomic mass is 19.4. The van der Waals surface area contributed by atoms with Gasteiger partial charge >= 0.3 is 12.4 Å². The van der Waals surface area contributed by atoms with Gasteiger partial charge in [0.2, 0.25) is 0 Å². The van der Waals surface area contributed by atoms with Gasteiger partial charge in [-0.1, -0.05) is 6.07 Å². The summed E-state index contributed by atoms with van der Waals surface area (Å²) in [4.78, 5) is 17.0. The van der Waals surface area contributed by atoms with E-state index in [-0.39, 0.29) is 28.3 Å². The topological polar surface area (TPSA) is 77.8 Å². The summed E-state index contributed by atoms with van der Waals surface area (Å²) in [6, 6.07) is 8.92. The van der Waals surface area contributed by atoms with Crippen LogP contribution in [0.4, 0.5) is 32.0 Å². The minimum absolute atomic E-state index is 0.149. The van der Waals surface area contributed by atoms with Crippen molar-refractivity contribution < 1.29 is 40.6 Å². The number of alkyl halides is 6. The summed E-state index contributed by atoms with van der Waals surface area (Å²) in [6.07, 6.45) is -8.66. The standard InChI is InChI=1S/C23H16F6N4O3/c1-35-17-7-6-12(8-18(17)36-2)16-10-19(23(27,28)29)33-20(32-16)15(11-30-33)21(34)31-14-5-3-4-13(9-14)22(24,25)26/h3-11H,1-2H3,(H,31,34). The number of carbonyl (C=O) groups is 1. The number of nitrogens with one attached hydrogen (secondary N) is 1. The summed E-state index contributed by atoms with van der Waals surface area (Å²) in [6.45, 7) is 0. The number of fused-ring (bicyclic) bond motifs is 1. The molecular weight excluding hydrogens is 494 g/mol. The smallest absolute Gasteiger partial charge is 0.433 e. The summed E-state index contributed by atoms with van der Waals surface area (Å²) in [5.41, 5.74) is -3.17. The first kappa shape index (κ1) is 24.8. The van der Waals surface area contributed by atoms with Crippen LogP contribution in [-0.2, 0) is 12.4 Å². The predicted molar refractivity (Wildman–Crippen MR) is 116 cm³/mol. The zero-order valence-corrected chi connectivity index (χ0v) is 18.5. The monoisotopic (exact) mass is 510 g/mol. The van der Waals surface area contributed by atoms with Crippen LogP contribution in [0.1, 0.15) is 21.6 Å². The Morgan fingerprint density at radius 2 is 1.64 bits per heavy atom. The van der Waals surface area contributed by atoms with E-state index in [1.807, 2.05) is 0 Å². The van der Waals surface area contributed by atoms with E-state index >= 15 is 0 Å². The number of amides is 1. The second-order valence-corrected chi connectivity index (χ2v) is 7.42. The molecule has 4 rings (SSSR count). The zero-order chi connectivity index (χ0) is 26.3. The van der Waals surface area contributed by atoms with E-state index < -0.39 is 35.2 Å². The Balaban J connectivity index is 1.81. The van der Waals surface area contributed by atoms with E-state index in [1.165, 1.54) is 38.5 Å². The zero-order valence-electron chi connectivity index (χ0n) is 18.5. The quantitative estimate of drug-likeness (QED) is 0.349. The summed E-state index contributed by atoms with van der Waals surface area (Å²) < 4.78 is 91.3. The van der Waals surface area contributed by atoms with Crippen LogP contribution in [-0.4, -0.2) is 34.7 Å². The number of rotatable bonds is 5. The van der Waals surface area contributed by atoms with Crippen LogP contribution in [0.25, 0.3) is 16.9 Å². The number of hydrogen-bond donors (Lipinski definition) is 1. The maximum atomic E-state index is 13.9. The van der Waals surface area contributed by atoms with Crippen molar-refractivity contribution in [1.82, 2.24) is 14.6 Å². The summed E-state index contributed by atoms with van der Waals surface area (Å²) in [5.74, 6) is -0.417. The van der Waals surface area contributed by atoms with Crippen LogP contribution in [0.3, 0.4) is 0 Å². The fourth-order valence-corrected chi connectivity index (χ4v) is 3.44. The van der Waals surface area contributed by atoms with Gasteiger partial charge in [-0.3, -0.25) is 4.79 Å². The van der Waals surface area contributed by atoms with Crippen molar-refractivity contribution >= 4 is 17.2 Å². The Bertz CT molecular complexity index is 1450. The highest BCUT2D eigenvalue weighted by Gasteiger charge is 2.36. The van der Waals surface area contributed by atoms with Gasteiger partial charge in [0, 0.05) is 11.3 Å². The van der Waals surface area contributed by atoms with Crippen molar-refractivity contribution in [3.8, 4) is 22.8 Å². The van der Waals surface area contributed by atoms with Crippen LogP contribution in [0.2, 0.25) is 0 Å². The Morgan fingerprint density at radius 1 is 0.917 bits per heavy atom. The van der Waals surface area contributed by atoms with Gasteiger partial charge in [-0.15, -0.1) is 0 Å². The fraction of sp³-hybridized carbons (Fsp3) is 0.174. The Kier molecular flexibility index (Phi) is 6.24. The van der Waals surface area contributed by atoms with Gasteiger partial charge in [0.25, 0.3) is 5.91 Å². The minimum Gasteiger partial charge on any atom is -0.493 e. The van der Waals surface area contributed by atoms with Crippen LogP contribution in [0.15, 0.2) is 54.7 Å². The van der Waals surface area contributed by atoms with Gasteiger partial charge in [0.05, 0.1) is 31.7 Å². The molecule has 13 heteroatoms. The maximum Gasteiger partial charge on any atom is 0.433 e. The molecule has 2 aromatic heterocycles. The van der Waals surface area contributed by atoms with E-state index in [0.29, 0.717) is 16.3 Å². The number of methoxy groups -OCH3 is 2. The lowest BCUT2D eigenvalue weighted by molar-refractivity contribution is -0.142. The Hall–Kier alpha value is -4.29. The molecule has 0 unspecified atom stereocenters. The SMILES string of the molecule is COc1ccc(-c2cc(C(F)(F)F)n3ncc(C(=O)Nc4cccc(C(F)(F)F)c4)c3n2)cc1OC. The molecule has 0 aliphatic heterocycles. The van der Waals surface area contributed by atoms with Crippen molar-refractivity contribution in [1.29, 1.82) is 0 Å². The number of aromatic nitrogens is 3. The van der Waals surface area contributed by atoms with Gasteiger partial charge in [-0.25, -0.2) is 9.50 Å². The number of nitrogens with zero attached hydrogens (tertiary/aromatic N) is 3. The van der Waals surface area contributed by atoms with E-state index in [2.05, 4.69) is 15.4 Å². The average Bonchev–Trinajstić information content (AvgIpc) is 3.26. The lowest BCUT2D eigenvalue weighted by Gasteiger charge is -2.13. The lowest BCUT2D eigenvalue weighted by Crippen LogP contribution is -2.16. The van der Waals surface area contributed by atoms with Gasteiger partial charge in [-0.2, -0.15) is 31.4 Å². The second kappa shape index (κ2) is 9.06. The second-order valence-electron chi connectivity index (χ2n) is 7.42. The van der Waals surface area contributed by atoms with Gasteiger partial charge < -0.3 is 14.8 Å². The highest BCUT2D eigenvalue weighted by Crippen LogP contribution is 2.36. The summed E-state index contributed by atoms with van der Waals surface area (Å²) in [5, 5.41) is 5.90. The van der Waals surface area contributed by atoms with Crippen molar-refractivity contribution in [2.75, 3.05) is 19.5 Å². The molecule has 0 spiro atoms. The predicted octanol–water partition coefficient (Wildman–Crippen LogP) is 5.70. The van der Waals surface area contributed by atoms with E-state index in [4.69, 9.17) is 9.47 Å². The largest absolute Gasteiger partial charge is 0.493 e. The first-order valence-electron chi connectivity index (χ1n) is 10.1. The molecule has 7 nitrogen and oxygen atoms in total. The van der Waals surface area contributed by atoms with E-state index in [1.54, 1.807) is 0 Å². The molecule has 2 heterocycles. The Morgan fingerprint density at radius 3 is 2.28 bits per heavy atom. The normalized spacial score (nSPS) is 12.0. The van der Waals surface area contributed by atoms with Crippen LogP contribution >= 0.6 is 0 Å². The van der Waals surface area contributed by atoms with Gasteiger partial charge in [0.1, 0.15) is 5.56 Å². The molecule has 0 atom stereocenters. The van der Waals surface area contributed by atoms with Crippen molar-refractivity contribution in [2.45, 2.75) is 12.4 Å². The average molecular weight is 510 g/mol. The molecule has 2 aromatic carbocycles. The number of benzene rings is 2. The Labute approximate surface area is 199 Å². The first-order valence-corrected chi connectivity index (χ1v) is 10.1. The van der Waals surface area contributed by atoms with Crippen LogP contribution in [0.5, 0.6) is 11.5 Å². The third-order valence-electron chi connectivity index (χ3n) is 5.13. The van der Waals surface area contributed by atoms with Gasteiger partial charge in [0.15, 0.2) is 22.8 Å². The van der Waals surface area contributed by atoms with Crippen molar-refractivity contribution in [3.63, 3.8) is 0 Å². The molecular formula is C23H16F6N4O3. The van der Waals surface area contributed by atoms with Crippen molar-refractivity contribution in [3.05, 3.63) is 71.5 Å². The number of hydrogen-bond acceptors (Lipinski definition) is 5. The van der Waals surface area contributed by atoms with Crippen LogP contribution < -0.4 is 14.8 Å². The molecule has 0 saturated heterocycles. The lowest BCUT2D eigenvalue weighted by atomic mass is 10.1. The molecule has 0 saturated carbocycles. The molecule has 4 aromatic rings. The molecule has 1 amide bonds. The highest BCUT2D eigenvalue weighted by molar-refractivity contribution is 6.08. The van der Waals surface area contributed by atoms with E-state index in [0.717, 1.165) is 24.4 Å². The third kappa shape index (κ3) is 4.76. The maximum absolute atomic E-state index is 13.9. The number of halogens is 6. The van der Waals surface area contributed by atoms with Gasteiger partial charge in [-0.05, 0) is 42.5 Å². The molecule has 0 bridgehead atoms. The molecule has 0 radical (unpaired) electrons. The molecule has 188 valence electrons. The number of anilines is 1. The molecule has 0 aliphatic carbocycles. The number of carbonyl (C=O) groups excluding carboxylic acids is 1. The first-order chi connectivity index (χ1) is 16.9. The fourth-order valence-electron chi connectivity index (χ4n) is 3.44. The summed E-state index contributed by atoms with van der Waals surface area (Å²) in [7, 11) is 2.75. The molecule has 36 heavy (non-hydrogen) atoms. The van der Waals surface area contributed by atoms with E-state index in [9.17, 15) is 31.1 Å². The van der Waals surface area contributed by atoms with Crippen LogP contribution in [0, 0.1) is 0 Å². The number of ether oxygens (including phenoxy) is 2. The summed E-state index contributed by atoms with van der Waals surface area (Å²) >= 11 is 0. The molecule has 0 aliphatic rings. The third-order valence-corrected chi connectivity index (χ3v) is 5.13. The molecule has 0 fully saturated rings.